The van der Waals surface area contributed by atoms with Gasteiger partial charge in [-0.2, -0.15) is 0 Å². The van der Waals surface area contributed by atoms with Crippen molar-refractivity contribution in [1.82, 2.24) is 4.90 Å². The minimum Gasteiger partial charge on any atom is -0.492 e. The molecule has 17 heavy (non-hydrogen) atoms. The molecule has 0 bridgehead atoms. The van der Waals surface area contributed by atoms with Crippen molar-refractivity contribution < 1.29 is 4.74 Å². The highest BCUT2D eigenvalue weighted by Crippen LogP contribution is 2.13. The summed E-state index contributed by atoms with van der Waals surface area (Å²) in [6.45, 7) is 1.67. The van der Waals surface area contributed by atoms with E-state index in [1.165, 1.54) is 5.56 Å². The van der Waals surface area contributed by atoms with E-state index in [-0.39, 0.29) is 0 Å². The molecule has 0 amide bonds. The van der Waals surface area contributed by atoms with Crippen molar-refractivity contribution in [2.75, 3.05) is 32.6 Å². The van der Waals surface area contributed by atoms with E-state index in [0.29, 0.717) is 0 Å². The molecule has 1 aromatic rings. The molecule has 2 nitrogen and oxygen atoms in total. The molecule has 94 valence electrons. The minimum absolute atomic E-state index is 0.728. The van der Waals surface area contributed by atoms with Crippen molar-refractivity contribution in [3.8, 4) is 5.75 Å². The maximum atomic E-state index is 5.62. The van der Waals surface area contributed by atoms with Crippen LogP contribution in [0.5, 0.6) is 5.75 Å². The van der Waals surface area contributed by atoms with Crippen LogP contribution in [0.25, 0.3) is 6.08 Å². The fraction of sp³-hybridized carbons (Fsp3) is 0.429. The number of halogens is 1. The van der Waals surface area contributed by atoms with Crippen molar-refractivity contribution in [2.45, 2.75) is 6.42 Å². The Morgan fingerprint density at radius 1 is 1.24 bits per heavy atom. The van der Waals surface area contributed by atoms with Gasteiger partial charge in [-0.05, 0) is 38.2 Å². The van der Waals surface area contributed by atoms with Crippen molar-refractivity contribution in [2.24, 2.45) is 0 Å². The van der Waals surface area contributed by atoms with Crippen LogP contribution in [0.1, 0.15) is 12.0 Å². The molecular weight excluding hydrogens is 278 g/mol. The normalized spacial score (nSPS) is 11.3. The SMILES string of the molecule is CN(C)CCOc1ccc(C=CCCBr)cc1. The average molecular weight is 298 g/mol. The van der Waals surface area contributed by atoms with Crippen LogP contribution in [0.15, 0.2) is 30.3 Å². The first-order valence-electron chi connectivity index (χ1n) is 5.82. The van der Waals surface area contributed by atoms with Gasteiger partial charge in [0.05, 0.1) is 0 Å². The third-order valence-corrected chi connectivity index (χ3v) is 2.73. The third kappa shape index (κ3) is 6.49. The molecule has 3 heteroatoms. The predicted molar refractivity (Wildman–Crippen MR) is 77.9 cm³/mol. The number of alkyl halides is 1. The van der Waals surface area contributed by atoms with Gasteiger partial charge in [0, 0.05) is 11.9 Å². The maximum absolute atomic E-state index is 5.62. The monoisotopic (exact) mass is 297 g/mol. The van der Waals surface area contributed by atoms with E-state index in [2.05, 4.69) is 45.1 Å². The number of benzene rings is 1. The molecule has 0 radical (unpaired) electrons. The Labute approximate surface area is 112 Å². The van der Waals surface area contributed by atoms with Crippen LogP contribution in [0, 0.1) is 0 Å². The second kappa shape index (κ2) is 8.31. The summed E-state index contributed by atoms with van der Waals surface area (Å²) in [6.07, 6.45) is 5.35. The largest absolute Gasteiger partial charge is 0.492 e. The lowest BCUT2D eigenvalue weighted by Gasteiger charge is -2.10. The summed E-state index contributed by atoms with van der Waals surface area (Å²) in [6, 6.07) is 8.19. The molecule has 0 N–H and O–H groups in total. The lowest BCUT2D eigenvalue weighted by atomic mass is 10.2. The number of rotatable bonds is 7. The molecule has 0 aliphatic heterocycles. The van der Waals surface area contributed by atoms with E-state index < -0.39 is 0 Å². The smallest absolute Gasteiger partial charge is 0.119 e. The molecule has 0 saturated heterocycles. The van der Waals surface area contributed by atoms with Crippen molar-refractivity contribution in [3.05, 3.63) is 35.9 Å². The Kier molecular flexibility index (Phi) is 6.97. The summed E-state index contributed by atoms with van der Waals surface area (Å²) in [7, 11) is 4.09. The molecule has 0 unspecified atom stereocenters. The minimum atomic E-state index is 0.728. The summed E-state index contributed by atoms with van der Waals surface area (Å²) in [5.41, 5.74) is 1.21. The Morgan fingerprint density at radius 3 is 2.53 bits per heavy atom. The van der Waals surface area contributed by atoms with Crippen LogP contribution >= 0.6 is 15.9 Å². The standard InChI is InChI=1S/C14H20BrNO/c1-16(2)11-12-17-14-8-6-13(7-9-14)5-3-4-10-15/h3,5-9H,4,10-12H2,1-2H3. The van der Waals surface area contributed by atoms with E-state index in [9.17, 15) is 0 Å². The summed E-state index contributed by atoms with van der Waals surface area (Å²) < 4.78 is 5.62. The molecule has 0 spiro atoms. The van der Waals surface area contributed by atoms with Gasteiger partial charge in [0.1, 0.15) is 12.4 Å². The first kappa shape index (κ1) is 14.3. The molecule has 0 aromatic heterocycles. The van der Waals surface area contributed by atoms with Crippen LogP contribution < -0.4 is 4.74 Å². The number of likely N-dealkylation sites (N-methyl/N-ethyl adjacent to an activating group) is 1. The fourth-order valence-corrected chi connectivity index (χ4v) is 1.57. The lowest BCUT2D eigenvalue weighted by Crippen LogP contribution is -2.19. The number of nitrogens with zero attached hydrogens (tertiary/aromatic N) is 1. The van der Waals surface area contributed by atoms with Crippen LogP contribution in [0.4, 0.5) is 0 Å². The molecule has 1 aromatic carbocycles. The predicted octanol–water partition coefficient (Wildman–Crippen LogP) is 3.43. The highest BCUT2D eigenvalue weighted by molar-refractivity contribution is 9.09. The Bertz CT molecular complexity index is 333. The topological polar surface area (TPSA) is 12.5 Å². The number of hydrogen-bond donors (Lipinski definition) is 0. The zero-order valence-electron chi connectivity index (χ0n) is 10.5. The molecule has 0 saturated carbocycles. The molecule has 0 heterocycles. The Balaban J connectivity index is 2.39. The summed E-state index contributed by atoms with van der Waals surface area (Å²) in [5.74, 6) is 0.935. The van der Waals surface area contributed by atoms with E-state index in [0.717, 1.165) is 30.7 Å². The molecular formula is C14H20BrNO. The number of allylic oxidation sites excluding steroid dienone is 1. The molecule has 0 fully saturated rings. The Hall–Kier alpha value is -0.800. The van der Waals surface area contributed by atoms with Crippen LogP contribution in [-0.2, 0) is 0 Å². The third-order valence-electron chi connectivity index (χ3n) is 2.27. The van der Waals surface area contributed by atoms with Crippen LogP contribution in [-0.4, -0.2) is 37.5 Å². The van der Waals surface area contributed by atoms with Gasteiger partial charge in [0.15, 0.2) is 0 Å². The summed E-state index contributed by atoms with van der Waals surface area (Å²) in [5, 5.41) is 1.01. The average Bonchev–Trinajstić information content (AvgIpc) is 2.31. The zero-order valence-corrected chi connectivity index (χ0v) is 12.1. The van der Waals surface area contributed by atoms with Gasteiger partial charge in [-0.1, -0.05) is 40.2 Å². The van der Waals surface area contributed by atoms with E-state index in [1.54, 1.807) is 0 Å². The molecule has 0 aliphatic rings. The first-order chi connectivity index (χ1) is 8.22. The Morgan fingerprint density at radius 2 is 1.94 bits per heavy atom. The molecule has 0 aliphatic carbocycles. The second-order valence-electron chi connectivity index (χ2n) is 4.10. The summed E-state index contributed by atoms with van der Waals surface area (Å²) in [4.78, 5) is 2.11. The van der Waals surface area contributed by atoms with Crippen LogP contribution in [0.2, 0.25) is 0 Å². The first-order valence-corrected chi connectivity index (χ1v) is 6.94. The van der Waals surface area contributed by atoms with Gasteiger partial charge in [0.25, 0.3) is 0 Å². The van der Waals surface area contributed by atoms with Gasteiger partial charge in [-0.3, -0.25) is 0 Å². The highest BCUT2D eigenvalue weighted by atomic mass is 79.9. The van der Waals surface area contributed by atoms with E-state index in [4.69, 9.17) is 4.74 Å². The van der Waals surface area contributed by atoms with E-state index in [1.807, 2.05) is 26.2 Å². The zero-order chi connectivity index (χ0) is 12.5. The molecule has 1 rings (SSSR count). The van der Waals surface area contributed by atoms with Crippen molar-refractivity contribution in [1.29, 1.82) is 0 Å². The summed E-state index contributed by atoms with van der Waals surface area (Å²) >= 11 is 3.40. The van der Waals surface area contributed by atoms with E-state index >= 15 is 0 Å². The fourth-order valence-electron chi connectivity index (χ4n) is 1.30. The van der Waals surface area contributed by atoms with Crippen molar-refractivity contribution >= 4 is 22.0 Å². The lowest BCUT2D eigenvalue weighted by molar-refractivity contribution is 0.261. The van der Waals surface area contributed by atoms with Gasteiger partial charge >= 0.3 is 0 Å². The maximum Gasteiger partial charge on any atom is 0.119 e. The van der Waals surface area contributed by atoms with Crippen LogP contribution in [0.3, 0.4) is 0 Å². The van der Waals surface area contributed by atoms with Gasteiger partial charge in [-0.15, -0.1) is 0 Å². The molecule has 0 atom stereocenters. The van der Waals surface area contributed by atoms with Gasteiger partial charge in [-0.25, -0.2) is 0 Å². The highest BCUT2D eigenvalue weighted by Gasteiger charge is 1.94. The van der Waals surface area contributed by atoms with Gasteiger partial charge in [0.2, 0.25) is 0 Å². The number of hydrogen-bond acceptors (Lipinski definition) is 2. The second-order valence-corrected chi connectivity index (χ2v) is 4.89. The van der Waals surface area contributed by atoms with Gasteiger partial charge < -0.3 is 9.64 Å². The number of ether oxygens (including phenoxy) is 1. The van der Waals surface area contributed by atoms with Crippen molar-refractivity contribution in [3.63, 3.8) is 0 Å². The quantitative estimate of drug-likeness (QED) is 0.715.